The van der Waals surface area contributed by atoms with Crippen LogP contribution in [0.25, 0.3) is 22.0 Å². The van der Waals surface area contributed by atoms with Crippen molar-refractivity contribution in [1.29, 1.82) is 0 Å². The Bertz CT molecular complexity index is 1660. The number of carbonyl (C=O) groups is 1. The minimum atomic E-state index is -1.27. The molecule has 0 bridgehead atoms. The molecule has 2 aromatic carbocycles. The van der Waals surface area contributed by atoms with Crippen LogP contribution >= 0.6 is 11.6 Å². The van der Waals surface area contributed by atoms with E-state index >= 15 is 0 Å². The first-order valence-corrected chi connectivity index (χ1v) is 13.3. The number of nitrogens with zero attached hydrogens (tertiary/aromatic N) is 3. The van der Waals surface area contributed by atoms with Crippen LogP contribution in [0.1, 0.15) is 57.6 Å². The highest BCUT2D eigenvalue weighted by molar-refractivity contribution is 6.35. The van der Waals surface area contributed by atoms with E-state index in [1.54, 1.807) is 70.7 Å². The number of aromatic nitrogens is 3. The molecule has 0 aliphatic rings. The first-order valence-electron chi connectivity index (χ1n) is 12.9. The van der Waals surface area contributed by atoms with E-state index in [0.29, 0.717) is 32.9 Å². The van der Waals surface area contributed by atoms with Gasteiger partial charge in [-0.15, -0.1) is 0 Å². The highest BCUT2D eigenvalue weighted by Gasteiger charge is 2.26. The van der Waals surface area contributed by atoms with Gasteiger partial charge in [0, 0.05) is 29.6 Å². The molecule has 10 heteroatoms. The predicted molar refractivity (Wildman–Crippen MR) is 154 cm³/mol. The molecule has 0 aliphatic carbocycles. The van der Waals surface area contributed by atoms with Gasteiger partial charge in [0.15, 0.2) is 0 Å². The molecule has 214 valence electrons. The van der Waals surface area contributed by atoms with E-state index < -0.39 is 35.0 Å². The Balaban J connectivity index is 1.95. The fraction of sp³-hybridized carbons (Fsp3) is 0.323. The Morgan fingerprint density at radius 3 is 2.39 bits per heavy atom. The van der Waals surface area contributed by atoms with Crippen molar-refractivity contribution in [1.82, 2.24) is 20.1 Å². The fourth-order valence-corrected chi connectivity index (χ4v) is 4.56. The molecule has 1 unspecified atom stereocenters. The molecular formula is C31H31ClF2N4O3. The summed E-state index contributed by atoms with van der Waals surface area (Å²) < 4.78 is 35.5. The summed E-state index contributed by atoms with van der Waals surface area (Å²) in [7, 11) is 1.78. The van der Waals surface area contributed by atoms with Crippen LogP contribution in [0, 0.1) is 23.5 Å². The van der Waals surface area contributed by atoms with Gasteiger partial charge in [-0.1, -0.05) is 23.6 Å². The zero-order chi connectivity index (χ0) is 30.1. The molecule has 0 aliphatic heterocycles. The maximum Gasteiger partial charge on any atom is 0.408 e. The van der Waals surface area contributed by atoms with Crippen LogP contribution in [-0.4, -0.2) is 37.2 Å². The SMILES string of the molecule is Cn1ncc2c(Cl)ccc(-c3ccc(C#CC(C)(C)O)nc3C(Cc3cc(F)cc(F)c3)NC(=O)OC(C)(C)C)c21. The topological polar surface area (TPSA) is 89.3 Å². The molecule has 1 amide bonds. The van der Waals surface area contributed by atoms with Gasteiger partial charge in [-0.3, -0.25) is 4.68 Å². The van der Waals surface area contributed by atoms with E-state index in [4.69, 9.17) is 21.3 Å². The number of fused-ring (bicyclic) bond motifs is 1. The van der Waals surface area contributed by atoms with E-state index in [9.17, 15) is 18.7 Å². The first kappa shape index (κ1) is 30.0. The van der Waals surface area contributed by atoms with Crippen LogP contribution in [0.4, 0.5) is 13.6 Å². The monoisotopic (exact) mass is 580 g/mol. The van der Waals surface area contributed by atoms with Crippen LogP contribution in [0.15, 0.2) is 48.7 Å². The summed E-state index contributed by atoms with van der Waals surface area (Å²) in [5, 5.41) is 18.6. The molecule has 0 saturated heterocycles. The number of pyridine rings is 1. The zero-order valence-corrected chi connectivity index (χ0v) is 24.4. The number of alkyl carbamates (subject to hydrolysis) is 1. The smallest absolute Gasteiger partial charge is 0.408 e. The summed E-state index contributed by atoms with van der Waals surface area (Å²) in [5.74, 6) is 4.12. The molecule has 2 heterocycles. The molecule has 2 aromatic heterocycles. The second-order valence-corrected chi connectivity index (χ2v) is 11.7. The molecule has 4 aromatic rings. The van der Waals surface area contributed by atoms with Gasteiger partial charge in [-0.25, -0.2) is 18.6 Å². The molecule has 0 fully saturated rings. The van der Waals surface area contributed by atoms with Crippen molar-refractivity contribution in [2.75, 3.05) is 0 Å². The summed E-state index contributed by atoms with van der Waals surface area (Å²) in [6.07, 6.45) is 0.906. The van der Waals surface area contributed by atoms with Gasteiger partial charge in [0.05, 0.1) is 28.5 Å². The molecule has 0 radical (unpaired) electrons. The maximum atomic E-state index is 14.2. The van der Waals surface area contributed by atoms with Gasteiger partial charge in [0.1, 0.15) is 28.5 Å². The number of hydrogen-bond acceptors (Lipinski definition) is 5. The molecule has 7 nitrogen and oxygen atoms in total. The molecule has 0 spiro atoms. The number of rotatable bonds is 5. The summed E-state index contributed by atoms with van der Waals surface area (Å²) >= 11 is 6.45. The first-order chi connectivity index (χ1) is 19.1. The number of amides is 1. The third kappa shape index (κ3) is 7.60. The van der Waals surface area contributed by atoms with Crippen molar-refractivity contribution in [2.45, 2.75) is 58.3 Å². The summed E-state index contributed by atoms with van der Waals surface area (Å²) in [4.78, 5) is 17.8. The molecule has 4 rings (SSSR count). The highest BCUT2D eigenvalue weighted by Crippen LogP contribution is 2.37. The van der Waals surface area contributed by atoms with Crippen molar-refractivity contribution in [3.05, 3.63) is 82.3 Å². The maximum absolute atomic E-state index is 14.2. The third-order valence-electron chi connectivity index (χ3n) is 5.94. The fourth-order valence-electron chi connectivity index (χ4n) is 4.36. The van der Waals surface area contributed by atoms with Crippen molar-refractivity contribution < 1.29 is 23.4 Å². The molecule has 1 atom stereocenters. The van der Waals surface area contributed by atoms with E-state index in [0.717, 1.165) is 17.1 Å². The van der Waals surface area contributed by atoms with E-state index in [1.807, 2.05) is 6.07 Å². The average molecular weight is 581 g/mol. The minimum Gasteiger partial charge on any atom is -0.444 e. The van der Waals surface area contributed by atoms with Crippen LogP contribution in [0.3, 0.4) is 0 Å². The number of ether oxygens (including phenoxy) is 1. The average Bonchev–Trinajstić information content (AvgIpc) is 3.23. The highest BCUT2D eigenvalue weighted by atomic mass is 35.5. The lowest BCUT2D eigenvalue weighted by molar-refractivity contribution is 0.0502. The van der Waals surface area contributed by atoms with Gasteiger partial charge in [0.2, 0.25) is 0 Å². The lowest BCUT2D eigenvalue weighted by atomic mass is 9.94. The van der Waals surface area contributed by atoms with Gasteiger partial charge >= 0.3 is 6.09 Å². The van der Waals surface area contributed by atoms with Crippen LogP contribution in [0.5, 0.6) is 0 Å². The van der Waals surface area contributed by atoms with Crippen molar-refractivity contribution in [3.63, 3.8) is 0 Å². The molecule has 2 N–H and O–H groups in total. The number of nitrogens with one attached hydrogen (secondary N) is 1. The van der Waals surface area contributed by atoms with Crippen molar-refractivity contribution in [3.8, 4) is 23.0 Å². The van der Waals surface area contributed by atoms with E-state index in [2.05, 4.69) is 22.3 Å². The van der Waals surface area contributed by atoms with Crippen LogP contribution in [-0.2, 0) is 18.2 Å². The van der Waals surface area contributed by atoms with Gasteiger partial charge in [-0.2, -0.15) is 5.10 Å². The van der Waals surface area contributed by atoms with Gasteiger partial charge < -0.3 is 15.2 Å². The Morgan fingerprint density at radius 2 is 1.76 bits per heavy atom. The van der Waals surface area contributed by atoms with Gasteiger partial charge in [-0.05, 0) is 82.9 Å². The largest absolute Gasteiger partial charge is 0.444 e. The summed E-state index contributed by atoms with van der Waals surface area (Å²) in [5.41, 5.74) is 0.972. The van der Waals surface area contributed by atoms with Crippen molar-refractivity contribution >= 4 is 28.6 Å². The predicted octanol–water partition coefficient (Wildman–Crippen LogP) is 6.50. The number of aryl methyl sites for hydroxylation is 1. The lowest BCUT2D eigenvalue weighted by Gasteiger charge is -2.25. The molecule has 41 heavy (non-hydrogen) atoms. The number of aliphatic hydroxyl groups is 1. The standard InChI is InChI=1S/C31H31ClF2N4O3/c1-30(2,3)41-29(39)37-26(15-18-13-19(33)16-20(34)14-18)27-22(8-7-21(36-27)11-12-31(4,5)40)23-9-10-25(32)24-17-35-38(6)28(23)24/h7-10,13-14,16-17,26,40H,15H2,1-6H3,(H,37,39). The number of halogens is 3. The minimum absolute atomic E-state index is 0.0155. The Kier molecular flexibility index (Phi) is 8.39. The summed E-state index contributed by atoms with van der Waals surface area (Å²) in [6.45, 7) is 8.29. The van der Waals surface area contributed by atoms with Gasteiger partial charge in [0.25, 0.3) is 0 Å². The van der Waals surface area contributed by atoms with E-state index in [1.165, 1.54) is 12.1 Å². The zero-order valence-electron chi connectivity index (χ0n) is 23.6. The normalized spacial score (nSPS) is 12.5. The Morgan fingerprint density at radius 1 is 1.10 bits per heavy atom. The second-order valence-electron chi connectivity index (χ2n) is 11.2. The molecular weight excluding hydrogens is 550 g/mol. The van der Waals surface area contributed by atoms with E-state index in [-0.39, 0.29) is 6.42 Å². The number of hydrogen-bond donors (Lipinski definition) is 2. The summed E-state index contributed by atoms with van der Waals surface area (Å²) in [6, 6.07) is 9.33. The van der Waals surface area contributed by atoms with Crippen molar-refractivity contribution in [2.24, 2.45) is 7.05 Å². The van der Waals surface area contributed by atoms with Crippen LogP contribution < -0.4 is 5.32 Å². The van der Waals surface area contributed by atoms with Crippen LogP contribution in [0.2, 0.25) is 5.02 Å². The Labute approximate surface area is 242 Å². The lowest BCUT2D eigenvalue weighted by Crippen LogP contribution is -2.36. The second kappa shape index (κ2) is 11.5. The third-order valence-corrected chi connectivity index (χ3v) is 6.27. The number of benzene rings is 2. The quantitative estimate of drug-likeness (QED) is 0.263. The molecule has 0 saturated carbocycles. The number of carbonyl (C=O) groups excluding carboxylic acids is 1. The Hall–Kier alpha value is -4.00.